The van der Waals surface area contributed by atoms with Crippen LogP contribution < -0.4 is 5.32 Å². The van der Waals surface area contributed by atoms with Crippen molar-refractivity contribution in [2.24, 2.45) is 5.92 Å². The monoisotopic (exact) mass is 255 g/mol. The highest BCUT2D eigenvalue weighted by Gasteiger charge is 2.25. The van der Waals surface area contributed by atoms with E-state index in [-0.39, 0.29) is 0 Å². The first-order valence-corrected chi connectivity index (χ1v) is 7.89. The molecule has 0 aromatic rings. The lowest BCUT2D eigenvalue weighted by molar-refractivity contribution is 0.119. The molecule has 1 heterocycles. The summed E-state index contributed by atoms with van der Waals surface area (Å²) in [5.74, 6) is 0.798. The lowest BCUT2D eigenvalue weighted by Gasteiger charge is -2.38. The van der Waals surface area contributed by atoms with Crippen LogP contribution in [0.4, 0.5) is 0 Å². The van der Waals surface area contributed by atoms with Crippen LogP contribution in [0.25, 0.3) is 0 Å². The van der Waals surface area contributed by atoms with Gasteiger partial charge in [0.15, 0.2) is 0 Å². The quantitative estimate of drug-likeness (QED) is 0.716. The van der Waals surface area contributed by atoms with E-state index in [1.165, 1.54) is 58.7 Å². The molecular formula is C15H33N3. The van der Waals surface area contributed by atoms with E-state index in [1.54, 1.807) is 0 Å². The molecule has 0 spiro atoms. The Bertz CT molecular complexity index is 204. The number of hydrogen-bond donors (Lipinski definition) is 1. The molecule has 0 amide bonds. The third kappa shape index (κ3) is 4.87. The molecule has 3 heteroatoms. The van der Waals surface area contributed by atoms with Crippen molar-refractivity contribution in [1.29, 1.82) is 0 Å². The van der Waals surface area contributed by atoms with Gasteiger partial charge in [0.1, 0.15) is 0 Å². The molecule has 1 aliphatic heterocycles. The molecule has 0 aromatic carbocycles. The van der Waals surface area contributed by atoms with Gasteiger partial charge in [0.2, 0.25) is 0 Å². The summed E-state index contributed by atoms with van der Waals surface area (Å²) < 4.78 is 0. The van der Waals surface area contributed by atoms with E-state index in [0.717, 1.165) is 12.0 Å². The molecule has 2 unspecified atom stereocenters. The largest absolute Gasteiger partial charge is 0.316 e. The summed E-state index contributed by atoms with van der Waals surface area (Å²) in [4.78, 5) is 5.23. The zero-order valence-corrected chi connectivity index (χ0v) is 12.9. The average molecular weight is 255 g/mol. The van der Waals surface area contributed by atoms with E-state index in [0.29, 0.717) is 0 Å². The van der Waals surface area contributed by atoms with Crippen LogP contribution in [-0.2, 0) is 0 Å². The van der Waals surface area contributed by atoms with Crippen LogP contribution in [0.1, 0.15) is 40.5 Å². The highest BCUT2D eigenvalue weighted by atomic mass is 15.2. The molecule has 1 rings (SSSR count). The standard InChI is InChI=1S/C15H33N3/c1-5-17(6-2)11-8-12-18(7-3)15-9-10-16-13-14(15)4/h14-16H,5-13H2,1-4H3. The average Bonchev–Trinajstić information content (AvgIpc) is 2.40. The second kappa shape index (κ2) is 8.89. The van der Waals surface area contributed by atoms with E-state index in [9.17, 15) is 0 Å². The summed E-state index contributed by atoms with van der Waals surface area (Å²) in [6.07, 6.45) is 2.63. The van der Waals surface area contributed by atoms with Gasteiger partial charge in [-0.25, -0.2) is 0 Å². The van der Waals surface area contributed by atoms with E-state index in [4.69, 9.17) is 0 Å². The van der Waals surface area contributed by atoms with Gasteiger partial charge in [-0.05, 0) is 64.6 Å². The van der Waals surface area contributed by atoms with E-state index >= 15 is 0 Å². The topological polar surface area (TPSA) is 18.5 Å². The third-order valence-electron chi connectivity index (χ3n) is 4.43. The van der Waals surface area contributed by atoms with Crippen molar-refractivity contribution in [3.8, 4) is 0 Å². The maximum absolute atomic E-state index is 3.50. The molecule has 0 bridgehead atoms. The number of rotatable bonds is 8. The summed E-state index contributed by atoms with van der Waals surface area (Å²) in [5.41, 5.74) is 0. The molecule has 1 aliphatic rings. The van der Waals surface area contributed by atoms with Gasteiger partial charge in [0.25, 0.3) is 0 Å². The van der Waals surface area contributed by atoms with Gasteiger partial charge >= 0.3 is 0 Å². The molecule has 1 saturated heterocycles. The highest BCUT2D eigenvalue weighted by molar-refractivity contribution is 4.82. The first kappa shape index (κ1) is 15.9. The summed E-state index contributed by atoms with van der Waals surface area (Å²) in [7, 11) is 0. The Kier molecular flexibility index (Phi) is 7.87. The zero-order chi connectivity index (χ0) is 13.4. The molecule has 18 heavy (non-hydrogen) atoms. The first-order chi connectivity index (χ1) is 8.72. The van der Waals surface area contributed by atoms with Gasteiger partial charge in [0.05, 0.1) is 0 Å². The van der Waals surface area contributed by atoms with Gasteiger partial charge in [-0.3, -0.25) is 0 Å². The van der Waals surface area contributed by atoms with Crippen molar-refractivity contribution in [1.82, 2.24) is 15.1 Å². The fourth-order valence-corrected chi connectivity index (χ4v) is 3.14. The van der Waals surface area contributed by atoms with Gasteiger partial charge < -0.3 is 15.1 Å². The van der Waals surface area contributed by atoms with E-state index in [2.05, 4.69) is 42.8 Å². The number of piperidine rings is 1. The van der Waals surface area contributed by atoms with Gasteiger partial charge in [-0.2, -0.15) is 0 Å². The Balaban J connectivity index is 2.32. The van der Waals surface area contributed by atoms with Crippen molar-refractivity contribution in [3.05, 3.63) is 0 Å². The van der Waals surface area contributed by atoms with Crippen LogP contribution in [-0.4, -0.2) is 61.7 Å². The Hall–Kier alpha value is -0.120. The minimum atomic E-state index is 0.798. The molecule has 3 nitrogen and oxygen atoms in total. The van der Waals surface area contributed by atoms with Crippen molar-refractivity contribution in [2.45, 2.75) is 46.6 Å². The summed E-state index contributed by atoms with van der Waals surface area (Å²) >= 11 is 0. The summed E-state index contributed by atoms with van der Waals surface area (Å²) in [6.45, 7) is 17.7. The molecule has 0 aliphatic carbocycles. The Morgan fingerprint density at radius 1 is 1.06 bits per heavy atom. The minimum absolute atomic E-state index is 0.798. The van der Waals surface area contributed by atoms with Crippen LogP contribution in [0.2, 0.25) is 0 Å². The predicted octanol–water partition coefficient (Wildman–Crippen LogP) is 2.04. The molecule has 0 saturated carbocycles. The van der Waals surface area contributed by atoms with Crippen molar-refractivity contribution >= 4 is 0 Å². The fraction of sp³-hybridized carbons (Fsp3) is 1.00. The summed E-state index contributed by atoms with van der Waals surface area (Å²) in [5, 5.41) is 3.50. The van der Waals surface area contributed by atoms with Gasteiger partial charge in [-0.1, -0.05) is 27.7 Å². The second-order valence-corrected chi connectivity index (χ2v) is 5.55. The van der Waals surface area contributed by atoms with Gasteiger partial charge in [0, 0.05) is 6.04 Å². The predicted molar refractivity (Wildman–Crippen MR) is 80.1 cm³/mol. The van der Waals surface area contributed by atoms with Crippen LogP contribution in [0.5, 0.6) is 0 Å². The Morgan fingerprint density at radius 3 is 2.33 bits per heavy atom. The SMILES string of the molecule is CCN(CC)CCCN(CC)C1CCNCC1C. The third-order valence-corrected chi connectivity index (χ3v) is 4.43. The van der Waals surface area contributed by atoms with E-state index in [1.807, 2.05) is 0 Å². The van der Waals surface area contributed by atoms with Crippen LogP contribution in [0, 0.1) is 5.92 Å². The van der Waals surface area contributed by atoms with Crippen LogP contribution in [0.15, 0.2) is 0 Å². The molecule has 1 N–H and O–H groups in total. The number of nitrogens with zero attached hydrogens (tertiary/aromatic N) is 2. The lowest BCUT2D eigenvalue weighted by Crippen LogP contribution is -2.49. The summed E-state index contributed by atoms with van der Waals surface area (Å²) in [6, 6.07) is 0.799. The molecule has 108 valence electrons. The minimum Gasteiger partial charge on any atom is -0.316 e. The lowest BCUT2D eigenvalue weighted by atomic mass is 9.93. The normalized spacial score (nSPS) is 25.0. The highest BCUT2D eigenvalue weighted by Crippen LogP contribution is 2.17. The Morgan fingerprint density at radius 2 is 1.78 bits per heavy atom. The van der Waals surface area contributed by atoms with Crippen LogP contribution in [0.3, 0.4) is 0 Å². The van der Waals surface area contributed by atoms with Crippen LogP contribution >= 0.6 is 0 Å². The van der Waals surface area contributed by atoms with Crippen molar-refractivity contribution in [3.63, 3.8) is 0 Å². The number of hydrogen-bond acceptors (Lipinski definition) is 3. The number of nitrogens with one attached hydrogen (secondary N) is 1. The molecular weight excluding hydrogens is 222 g/mol. The van der Waals surface area contributed by atoms with Crippen molar-refractivity contribution in [2.75, 3.05) is 45.8 Å². The fourth-order valence-electron chi connectivity index (χ4n) is 3.14. The second-order valence-electron chi connectivity index (χ2n) is 5.55. The van der Waals surface area contributed by atoms with E-state index < -0.39 is 0 Å². The molecule has 2 atom stereocenters. The molecule has 0 radical (unpaired) electrons. The molecule has 1 fully saturated rings. The smallest absolute Gasteiger partial charge is 0.0145 e. The maximum atomic E-state index is 3.50. The van der Waals surface area contributed by atoms with Gasteiger partial charge in [-0.15, -0.1) is 0 Å². The zero-order valence-electron chi connectivity index (χ0n) is 12.9. The maximum Gasteiger partial charge on any atom is 0.0145 e. The van der Waals surface area contributed by atoms with Crippen molar-refractivity contribution < 1.29 is 0 Å². The Labute approximate surface area is 114 Å². The first-order valence-electron chi connectivity index (χ1n) is 7.89. The molecule has 0 aromatic heterocycles.